The number of alkyl halides is 3. The molecule has 1 amide bonds. The molecule has 0 spiro atoms. The average Bonchev–Trinajstić information content (AvgIpc) is 2.53. The summed E-state index contributed by atoms with van der Waals surface area (Å²) in [5.41, 5.74) is -0.748. The summed E-state index contributed by atoms with van der Waals surface area (Å²) in [5.74, 6) is 0.668. The molecule has 1 fully saturated rings. The predicted molar refractivity (Wildman–Crippen MR) is 77.5 cm³/mol. The Morgan fingerprint density at radius 3 is 2.36 bits per heavy atom. The van der Waals surface area contributed by atoms with E-state index in [1.807, 2.05) is 23.6 Å². The number of rotatable bonds is 3. The summed E-state index contributed by atoms with van der Waals surface area (Å²) in [6.07, 6.45) is -2.71. The Labute approximate surface area is 127 Å². The Kier molecular flexibility index (Phi) is 4.93. The monoisotopic (exact) mass is 315 g/mol. The zero-order valence-electron chi connectivity index (χ0n) is 12.7. The number of hydrogen-bond donors (Lipinski definition) is 0. The van der Waals surface area contributed by atoms with Crippen LogP contribution >= 0.6 is 0 Å². The third-order valence-electron chi connectivity index (χ3n) is 4.02. The first kappa shape index (κ1) is 16.6. The van der Waals surface area contributed by atoms with E-state index >= 15 is 0 Å². The minimum Gasteiger partial charge on any atom is -0.353 e. The molecule has 0 aromatic carbocycles. The number of pyridine rings is 1. The van der Waals surface area contributed by atoms with Crippen molar-refractivity contribution in [1.82, 2.24) is 9.88 Å². The van der Waals surface area contributed by atoms with Gasteiger partial charge in [-0.3, -0.25) is 4.79 Å². The number of carbonyl (C=O) groups is 1. The minimum absolute atomic E-state index is 0.00995. The molecule has 1 aliphatic heterocycles. The number of piperazine rings is 1. The minimum atomic E-state index is -4.37. The molecule has 0 aliphatic carbocycles. The van der Waals surface area contributed by atoms with Crippen molar-refractivity contribution < 1.29 is 18.0 Å². The first-order chi connectivity index (χ1) is 10.3. The average molecular weight is 315 g/mol. The second-order valence-electron chi connectivity index (χ2n) is 5.52. The van der Waals surface area contributed by atoms with Crippen molar-refractivity contribution in [2.75, 3.05) is 31.1 Å². The molecule has 1 saturated heterocycles. The molecule has 0 saturated carbocycles. The molecule has 2 rings (SSSR count). The van der Waals surface area contributed by atoms with Gasteiger partial charge in [-0.05, 0) is 18.6 Å². The summed E-state index contributed by atoms with van der Waals surface area (Å²) in [5, 5.41) is 0. The summed E-state index contributed by atoms with van der Waals surface area (Å²) in [6, 6.07) is 2.42. The highest BCUT2D eigenvalue weighted by Crippen LogP contribution is 2.29. The van der Waals surface area contributed by atoms with Crippen molar-refractivity contribution in [3.63, 3.8) is 0 Å². The Hall–Kier alpha value is -1.79. The second kappa shape index (κ2) is 6.54. The van der Waals surface area contributed by atoms with Crippen LogP contribution in [0.1, 0.15) is 25.8 Å². The van der Waals surface area contributed by atoms with Gasteiger partial charge in [-0.25, -0.2) is 4.98 Å². The number of aromatic nitrogens is 1. The predicted octanol–water partition coefficient (Wildman–Crippen LogP) is 2.80. The number of anilines is 1. The van der Waals surface area contributed by atoms with E-state index < -0.39 is 11.7 Å². The first-order valence-corrected chi connectivity index (χ1v) is 7.40. The van der Waals surface area contributed by atoms with E-state index in [0.717, 1.165) is 18.7 Å². The van der Waals surface area contributed by atoms with Gasteiger partial charge >= 0.3 is 6.18 Å². The Balaban J connectivity index is 1.96. The number of halogens is 3. The summed E-state index contributed by atoms with van der Waals surface area (Å²) in [7, 11) is 0. The van der Waals surface area contributed by atoms with Gasteiger partial charge in [-0.1, -0.05) is 13.8 Å². The molecule has 1 aliphatic rings. The van der Waals surface area contributed by atoms with Gasteiger partial charge in [-0.2, -0.15) is 13.2 Å². The van der Waals surface area contributed by atoms with Crippen LogP contribution in [-0.2, 0) is 11.0 Å². The summed E-state index contributed by atoms with van der Waals surface area (Å²) < 4.78 is 37.5. The number of carbonyl (C=O) groups excluding carboxylic acids is 1. The maximum absolute atomic E-state index is 12.5. The Bertz CT molecular complexity index is 508. The van der Waals surface area contributed by atoms with E-state index in [2.05, 4.69) is 4.98 Å². The smallest absolute Gasteiger partial charge is 0.353 e. The summed E-state index contributed by atoms with van der Waals surface area (Å²) in [6.45, 7) is 6.20. The summed E-state index contributed by atoms with van der Waals surface area (Å²) in [4.78, 5) is 19.7. The molecule has 1 unspecified atom stereocenters. The van der Waals surface area contributed by atoms with Crippen molar-refractivity contribution in [3.8, 4) is 0 Å². The van der Waals surface area contributed by atoms with Crippen molar-refractivity contribution in [2.45, 2.75) is 26.4 Å². The van der Waals surface area contributed by atoms with Crippen molar-refractivity contribution in [1.29, 1.82) is 0 Å². The zero-order valence-corrected chi connectivity index (χ0v) is 12.7. The van der Waals surface area contributed by atoms with Gasteiger partial charge in [0.05, 0.1) is 5.56 Å². The van der Waals surface area contributed by atoms with E-state index in [9.17, 15) is 18.0 Å². The van der Waals surface area contributed by atoms with Crippen LogP contribution in [0, 0.1) is 5.92 Å². The molecule has 7 heteroatoms. The van der Waals surface area contributed by atoms with E-state index in [-0.39, 0.29) is 11.8 Å². The van der Waals surface area contributed by atoms with Gasteiger partial charge in [0.1, 0.15) is 5.82 Å². The number of hydrogen-bond acceptors (Lipinski definition) is 3. The second-order valence-corrected chi connectivity index (χ2v) is 5.52. The largest absolute Gasteiger partial charge is 0.417 e. The zero-order chi connectivity index (χ0) is 16.3. The van der Waals surface area contributed by atoms with E-state index in [1.165, 1.54) is 6.07 Å². The highest BCUT2D eigenvalue weighted by Gasteiger charge is 2.31. The van der Waals surface area contributed by atoms with E-state index in [4.69, 9.17) is 0 Å². The van der Waals surface area contributed by atoms with Crippen LogP contribution in [0.5, 0.6) is 0 Å². The van der Waals surface area contributed by atoms with Crippen molar-refractivity contribution in [2.24, 2.45) is 5.92 Å². The normalized spacial score (nSPS) is 17.5. The van der Waals surface area contributed by atoms with E-state index in [1.54, 1.807) is 0 Å². The van der Waals surface area contributed by atoms with Gasteiger partial charge in [0.25, 0.3) is 0 Å². The lowest BCUT2D eigenvalue weighted by Crippen LogP contribution is -2.50. The molecular weight excluding hydrogens is 295 g/mol. The maximum Gasteiger partial charge on any atom is 0.417 e. The third-order valence-corrected chi connectivity index (χ3v) is 4.02. The lowest BCUT2D eigenvalue weighted by Gasteiger charge is -2.36. The van der Waals surface area contributed by atoms with Gasteiger partial charge in [0, 0.05) is 38.3 Å². The fraction of sp³-hybridized carbons (Fsp3) is 0.600. The molecule has 0 radical (unpaired) electrons. The lowest BCUT2D eigenvalue weighted by atomic mass is 10.1. The van der Waals surface area contributed by atoms with Gasteiger partial charge in [0.15, 0.2) is 0 Å². The van der Waals surface area contributed by atoms with Crippen LogP contribution in [0.4, 0.5) is 19.0 Å². The van der Waals surface area contributed by atoms with Crippen LogP contribution in [0.2, 0.25) is 0 Å². The Morgan fingerprint density at radius 1 is 1.27 bits per heavy atom. The molecule has 0 N–H and O–H groups in total. The molecule has 4 nitrogen and oxygen atoms in total. The fourth-order valence-corrected chi connectivity index (χ4v) is 2.38. The van der Waals surface area contributed by atoms with Gasteiger partial charge < -0.3 is 9.80 Å². The van der Waals surface area contributed by atoms with Crippen LogP contribution < -0.4 is 4.90 Å². The van der Waals surface area contributed by atoms with Gasteiger partial charge in [-0.15, -0.1) is 0 Å². The van der Waals surface area contributed by atoms with Crippen LogP contribution in [-0.4, -0.2) is 42.0 Å². The Morgan fingerprint density at radius 2 is 1.91 bits per heavy atom. The molecular formula is C15H20F3N3O. The van der Waals surface area contributed by atoms with Crippen molar-refractivity contribution in [3.05, 3.63) is 23.9 Å². The van der Waals surface area contributed by atoms with Crippen LogP contribution in [0.25, 0.3) is 0 Å². The van der Waals surface area contributed by atoms with Gasteiger partial charge in [0.2, 0.25) is 5.91 Å². The molecule has 1 aromatic heterocycles. The molecule has 22 heavy (non-hydrogen) atoms. The number of nitrogens with zero attached hydrogens (tertiary/aromatic N) is 3. The standard InChI is InChI=1S/C15H20F3N3O/c1-3-11(2)14(22)21-8-6-20(7-9-21)13-5-4-12(10-19-13)15(16,17)18/h4-5,10-11H,3,6-9H2,1-2H3. The summed E-state index contributed by atoms with van der Waals surface area (Å²) >= 11 is 0. The van der Waals surface area contributed by atoms with Crippen LogP contribution in [0.15, 0.2) is 18.3 Å². The highest BCUT2D eigenvalue weighted by atomic mass is 19.4. The molecule has 122 valence electrons. The molecule has 2 heterocycles. The lowest BCUT2D eigenvalue weighted by molar-refractivity contribution is -0.138. The topological polar surface area (TPSA) is 36.4 Å². The fourth-order valence-electron chi connectivity index (χ4n) is 2.38. The third kappa shape index (κ3) is 3.69. The maximum atomic E-state index is 12.5. The first-order valence-electron chi connectivity index (χ1n) is 7.40. The highest BCUT2D eigenvalue weighted by molar-refractivity contribution is 5.78. The molecule has 1 atom stereocenters. The SMILES string of the molecule is CCC(C)C(=O)N1CCN(c2ccc(C(F)(F)F)cn2)CC1. The molecule has 1 aromatic rings. The number of amides is 1. The van der Waals surface area contributed by atoms with Crippen LogP contribution in [0.3, 0.4) is 0 Å². The molecule has 0 bridgehead atoms. The van der Waals surface area contributed by atoms with Crippen molar-refractivity contribution >= 4 is 11.7 Å². The quantitative estimate of drug-likeness (QED) is 0.860. The van der Waals surface area contributed by atoms with E-state index in [0.29, 0.717) is 32.0 Å².